The van der Waals surface area contributed by atoms with Gasteiger partial charge in [0.05, 0.1) is 60.4 Å². The first-order valence-electron chi connectivity index (χ1n) is 14.9. The number of aromatic nitrogens is 5. The van der Waals surface area contributed by atoms with Gasteiger partial charge in [0.2, 0.25) is 11.8 Å². The SMILES string of the molecule is Cc1cc2cc(n1)-c1cnn(C3CC3)c1OCCC[C@@H](C1CC1)Cn1c(nc3cc(NC4COC4)ccc31)NC2=O. The largest absolute Gasteiger partial charge is 0.477 e. The minimum atomic E-state index is -0.201. The lowest BCUT2D eigenvalue weighted by molar-refractivity contribution is 0.0211. The summed E-state index contributed by atoms with van der Waals surface area (Å²) < 4.78 is 16.0. The number of pyridine rings is 1. The van der Waals surface area contributed by atoms with E-state index in [0.29, 0.717) is 47.7 Å². The van der Waals surface area contributed by atoms with Crippen molar-refractivity contribution in [2.45, 2.75) is 64.1 Å². The highest BCUT2D eigenvalue weighted by atomic mass is 16.5. The average molecular weight is 554 g/mol. The van der Waals surface area contributed by atoms with Crippen molar-refractivity contribution in [1.82, 2.24) is 24.3 Å². The van der Waals surface area contributed by atoms with Crippen LogP contribution in [0.4, 0.5) is 11.6 Å². The molecule has 1 amide bonds. The maximum Gasteiger partial charge on any atom is 0.258 e. The van der Waals surface area contributed by atoms with E-state index in [1.165, 1.54) is 12.8 Å². The number of anilines is 2. The van der Waals surface area contributed by atoms with Crippen LogP contribution >= 0.6 is 0 Å². The normalized spacial score (nSPS) is 21.6. The van der Waals surface area contributed by atoms with Crippen molar-refractivity contribution >= 4 is 28.6 Å². The van der Waals surface area contributed by atoms with E-state index in [1.54, 1.807) is 0 Å². The molecule has 41 heavy (non-hydrogen) atoms. The van der Waals surface area contributed by atoms with Crippen LogP contribution in [0.3, 0.4) is 0 Å². The van der Waals surface area contributed by atoms with E-state index in [0.717, 1.165) is 79.3 Å². The van der Waals surface area contributed by atoms with E-state index in [2.05, 4.69) is 38.5 Å². The molecule has 0 spiro atoms. The molecule has 212 valence electrons. The summed E-state index contributed by atoms with van der Waals surface area (Å²) in [6, 6.07) is 10.7. The Morgan fingerprint density at radius 2 is 1.90 bits per heavy atom. The van der Waals surface area contributed by atoms with Crippen molar-refractivity contribution in [3.63, 3.8) is 0 Å². The third kappa shape index (κ3) is 4.84. The fraction of sp³-hybridized carbons (Fsp3) is 0.484. The van der Waals surface area contributed by atoms with E-state index in [1.807, 2.05) is 29.9 Å². The molecule has 2 bridgehead atoms. The van der Waals surface area contributed by atoms with Gasteiger partial charge >= 0.3 is 0 Å². The van der Waals surface area contributed by atoms with Gasteiger partial charge in [0, 0.05) is 23.5 Å². The molecule has 1 aromatic carbocycles. The molecule has 4 aromatic rings. The van der Waals surface area contributed by atoms with Crippen LogP contribution in [-0.2, 0) is 11.3 Å². The average Bonchev–Trinajstić information content (AvgIpc) is 3.88. The molecule has 4 aliphatic rings. The van der Waals surface area contributed by atoms with Gasteiger partial charge in [0.15, 0.2) is 0 Å². The van der Waals surface area contributed by atoms with E-state index in [-0.39, 0.29) is 5.91 Å². The summed E-state index contributed by atoms with van der Waals surface area (Å²) in [5.41, 5.74) is 5.76. The molecule has 2 aliphatic carbocycles. The monoisotopic (exact) mass is 553 g/mol. The first-order chi connectivity index (χ1) is 20.1. The number of amides is 1. The molecular formula is C31H35N7O3. The quantitative estimate of drug-likeness (QED) is 0.358. The van der Waals surface area contributed by atoms with Crippen molar-refractivity contribution in [3.05, 3.63) is 47.8 Å². The van der Waals surface area contributed by atoms with Crippen LogP contribution in [0.1, 0.15) is 60.6 Å². The van der Waals surface area contributed by atoms with Crippen molar-refractivity contribution in [2.75, 3.05) is 30.5 Å². The molecule has 5 heterocycles. The fourth-order valence-electron chi connectivity index (χ4n) is 6.21. The smallest absolute Gasteiger partial charge is 0.258 e. The van der Waals surface area contributed by atoms with E-state index >= 15 is 0 Å². The molecule has 0 unspecified atom stereocenters. The number of carbonyl (C=O) groups is 1. The van der Waals surface area contributed by atoms with E-state index < -0.39 is 0 Å². The number of rotatable bonds is 4. The number of fused-ring (bicyclic) bond motifs is 7. The lowest BCUT2D eigenvalue weighted by Crippen LogP contribution is -2.40. The van der Waals surface area contributed by atoms with Crippen molar-refractivity contribution < 1.29 is 14.3 Å². The lowest BCUT2D eigenvalue weighted by Gasteiger charge is -2.27. The number of hydrogen-bond donors (Lipinski definition) is 2. The maximum absolute atomic E-state index is 13.8. The predicted octanol–water partition coefficient (Wildman–Crippen LogP) is 5.20. The Morgan fingerprint density at radius 3 is 2.68 bits per heavy atom. The molecular weight excluding hydrogens is 518 g/mol. The van der Waals surface area contributed by atoms with Crippen molar-refractivity contribution in [3.8, 4) is 17.1 Å². The van der Waals surface area contributed by atoms with Gasteiger partial charge in [-0.15, -0.1) is 0 Å². The highest BCUT2D eigenvalue weighted by molar-refractivity contribution is 6.05. The second-order valence-corrected chi connectivity index (χ2v) is 12.1. The summed E-state index contributed by atoms with van der Waals surface area (Å²) in [6.07, 6.45) is 8.58. The number of aryl methyl sites for hydroxylation is 1. The molecule has 10 heteroatoms. The van der Waals surface area contributed by atoms with Crippen LogP contribution in [0.25, 0.3) is 22.3 Å². The summed E-state index contributed by atoms with van der Waals surface area (Å²) in [5, 5.41) is 11.4. The Kier molecular flexibility index (Phi) is 5.98. The molecule has 8 rings (SSSR count). The van der Waals surface area contributed by atoms with Gasteiger partial charge in [-0.05, 0) is 87.6 Å². The third-order valence-electron chi connectivity index (χ3n) is 8.78. The van der Waals surface area contributed by atoms with E-state index in [9.17, 15) is 4.79 Å². The standard InChI is InChI=1S/C31H35N7O3/c1-18-11-21-12-26(33-18)25-14-32-38(24-7-8-24)30(25)41-10-2-3-20(19-4-5-19)15-37-28-9-6-22(34-23-16-40-17-23)13-27(28)35-31(37)36-29(21)39/h6,9,11-14,19-20,23-24,34H,2-5,7-8,10,15-17H2,1H3,(H,35,36,39)/t20-/m1/s1. The van der Waals surface area contributed by atoms with Crippen LogP contribution in [0.5, 0.6) is 5.88 Å². The fourth-order valence-corrected chi connectivity index (χ4v) is 6.21. The molecule has 2 aliphatic heterocycles. The summed E-state index contributed by atoms with van der Waals surface area (Å²) in [6.45, 7) is 4.79. The van der Waals surface area contributed by atoms with E-state index in [4.69, 9.17) is 19.4 Å². The molecule has 3 aromatic heterocycles. The van der Waals surface area contributed by atoms with Crippen LogP contribution in [-0.4, -0.2) is 56.1 Å². The van der Waals surface area contributed by atoms with Gasteiger partial charge in [0.25, 0.3) is 5.91 Å². The zero-order chi connectivity index (χ0) is 27.5. The lowest BCUT2D eigenvalue weighted by atomic mass is 9.97. The Bertz CT molecular complexity index is 1630. The third-order valence-corrected chi connectivity index (χ3v) is 8.78. The number of nitrogens with zero attached hydrogens (tertiary/aromatic N) is 5. The predicted molar refractivity (Wildman–Crippen MR) is 155 cm³/mol. The number of benzene rings is 1. The number of ether oxygens (including phenoxy) is 2. The zero-order valence-corrected chi connectivity index (χ0v) is 23.3. The van der Waals surface area contributed by atoms with Crippen LogP contribution < -0.4 is 15.4 Å². The van der Waals surface area contributed by atoms with Crippen molar-refractivity contribution in [2.24, 2.45) is 11.8 Å². The Balaban J connectivity index is 1.19. The maximum atomic E-state index is 13.8. The second-order valence-electron chi connectivity index (χ2n) is 12.1. The first kappa shape index (κ1) is 24.8. The molecule has 0 radical (unpaired) electrons. The summed E-state index contributed by atoms with van der Waals surface area (Å²) in [4.78, 5) is 23.5. The summed E-state index contributed by atoms with van der Waals surface area (Å²) in [5.74, 6) is 2.34. The Labute approximate surface area is 238 Å². The minimum Gasteiger partial charge on any atom is -0.477 e. The number of carbonyl (C=O) groups excluding carboxylic acids is 1. The van der Waals surface area contributed by atoms with Gasteiger partial charge < -0.3 is 19.4 Å². The Morgan fingerprint density at radius 1 is 1.02 bits per heavy atom. The van der Waals surface area contributed by atoms with Crippen LogP contribution in [0, 0.1) is 18.8 Å². The van der Waals surface area contributed by atoms with Gasteiger partial charge in [-0.25, -0.2) is 9.67 Å². The highest BCUT2D eigenvalue weighted by Gasteiger charge is 2.33. The molecule has 3 fully saturated rings. The number of nitrogens with one attached hydrogen (secondary N) is 2. The molecule has 1 atom stereocenters. The summed E-state index contributed by atoms with van der Waals surface area (Å²) >= 11 is 0. The zero-order valence-electron chi connectivity index (χ0n) is 23.3. The van der Waals surface area contributed by atoms with Gasteiger partial charge in [-0.1, -0.05) is 0 Å². The molecule has 10 nitrogen and oxygen atoms in total. The van der Waals surface area contributed by atoms with Crippen molar-refractivity contribution in [1.29, 1.82) is 0 Å². The van der Waals surface area contributed by atoms with Crippen LogP contribution in [0.2, 0.25) is 0 Å². The second kappa shape index (κ2) is 9.87. The number of imidazole rings is 1. The first-order valence-corrected chi connectivity index (χ1v) is 14.9. The Hall–Kier alpha value is -3.92. The molecule has 2 N–H and O–H groups in total. The van der Waals surface area contributed by atoms with Crippen LogP contribution in [0.15, 0.2) is 36.5 Å². The van der Waals surface area contributed by atoms with Gasteiger partial charge in [-0.2, -0.15) is 5.10 Å². The van der Waals surface area contributed by atoms with Gasteiger partial charge in [0.1, 0.15) is 0 Å². The minimum absolute atomic E-state index is 0.201. The molecule has 1 saturated heterocycles. The topological polar surface area (TPSA) is 108 Å². The highest BCUT2D eigenvalue weighted by Crippen LogP contribution is 2.43. The summed E-state index contributed by atoms with van der Waals surface area (Å²) in [7, 11) is 0. The number of hydrogen-bond acceptors (Lipinski definition) is 7. The van der Waals surface area contributed by atoms with Gasteiger partial charge in [-0.3, -0.25) is 15.1 Å². The molecule has 2 saturated carbocycles.